The van der Waals surface area contributed by atoms with Gasteiger partial charge in [0.15, 0.2) is 0 Å². The number of hydrogen-bond acceptors (Lipinski definition) is 5. The molecule has 0 unspecified atom stereocenters. The number of nitrogens with one attached hydrogen (secondary N) is 1. The lowest BCUT2D eigenvalue weighted by Crippen LogP contribution is -2.38. The van der Waals surface area contributed by atoms with Crippen LogP contribution in [0.25, 0.3) is 21.4 Å². The first-order valence-electron chi connectivity index (χ1n) is 12.4. The van der Waals surface area contributed by atoms with E-state index in [2.05, 4.69) is 10.3 Å². The van der Waals surface area contributed by atoms with Gasteiger partial charge in [0.1, 0.15) is 11.3 Å². The topological polar surface area (TPSA) is 75.4 Å². The smallest absolute Gasteiger partial charge is 0.416 e. The first-order chi connectivity index (χ1) is 19.2. The Kier molecular flexibility index (Phi) is 7.70. The Labute approximate surface area is 232 Å². The fourth-order valence-electron chi connectivity index (χ4n) is 4.37. The third-order valence-corrected chi connectivity index (χ3v) is 7.34. The minimum absolute atomic E-state index is 0.0367. The maximum atomic E-state index is 13.8. The largest absolute Gasteiger partial charge is 0.464 e. The minimum Gasteiger partial charge on any atom is -0.464 e. The van der Waals surface area contributed by atoms with Crippen LogP contribution in [0, 0.1) is 6.92 Å². The van der Waals surface area contributed by atoms with E-state index in [9.17, 15) is 22.8 Å². The lowest BCUT2D eigenvalue weighted by molar-refractivity contribution is -0.137. The normalized spacial score (nSPS) is 11.5. The standard InChI is InChI=1S/C30H24F3N3O3S/c1-19-35-26(27(40-19)21-6-3-2-4-7-21)29(38)36(18-20-10-12-22(13-11-20)30(31,32)33)16-15-34-28(37)24-8-5-9-25-23(24)14-17-39-25/h2-14,17H,15-16,18H2,1H3,(H,34,37). The molecule has 1 N–H and O–H groups in total. The fourth-order valence-corrected chi connectivity index (χ4v) is 5.29. The molecule has 0 atom stereocenters. The van der Waals surface area contributed by atoms with Crippen LogP contribution in [-0.4, -0.2) is 34.8 Å². The summed E-state index contributed by atoms with van der Waals surface area (Å²) >= 11 is 1.39. The van der Waals surface area contributed by atoms with Crippen molar-refractivity contribution in [3.8, 4) is 10.4 Å². The quantitative estimate of drug-likeness (QED) is 0.222. The highest BCUT2D eigenvalue weighted by molar-refractivity contribution is 7.15. The van der Waals surface area contributed by atoms with Crippen molar-refractivity contribution in [2.45, 2.75) is 19.6 Å². The average Bonchev–Trinajstić information content (AvgIpc) is 3.59. The van der Waals surface area contributed by atoms with Crippen molar-refractivity contribution < 1.29 is 27.2 Å². The van der Waals surface area contributed by atoms with Crippen LogP contribution in [0.15, 0.2) is 89.5 Å². The SMILES string of the molecule is Cc1nc(C(=O)N(CCNC(=O)c2cccc3occc23)Cc2ccc(C(F)(F)F)cc2)c(-c2ccccc2)s1. The van der Waals surface area contributed by atoms with Gasteiger partial charge in [-0.3, -0.25) is 9.59 Å². The molecule has 6 nitrogen and oxygen atoms in total. The molecule has 5 rings (SSSR count). The Morgan fingerprint density at radius 2 is 1.73 bits per heavy atom. The molecule has 0 radical (unpaired) electrons. The molecule has 0 aliphatic rings. The number of amides is 2. The highest BCUT2D eigenvalue weighted by Crippen LogP contribution is 2.32. The zero-order valence-electron chi connectivity index (χ0n) is 21.4. The number of carbonyl (C=O) groups excluding carboxylic acids is 2. The molecule has 2 amide bonds. The monoisotopic (exact) mass is 563 g/mol. The molecule has 2 aromatic heterocycles. The molecular weight excluding hydrogens is 539 g/mol. The average molecular weight is 564 g/mol. The van der Waals surface area contributed by atoms with E-state index in [0.717, 1.165) is 17.7 Å². The van der Waals surface area contributed by atoms with E-state index in [4.69, 9.17) is 4.42 Å². The number of benzene rings is 3. The number of hydrogen-bond donors (Lipinski definition) is 1. The van der Waals surface area contributed by atoms with Gasteiger partial charge < -0.3 is 14.6 Å². The lowest BCUT2D eigenvalue weighted by atomic mass is 10.1. The number of halogens is 3. The molecule has 0 bridgehead atoms. The first-order valence-corrected chi connectivity index (χ1v) is 13.2. The molecule has 2 heterocycles. The Morgan fingerprint density at radius 1 is 0.975 bits per heavy atom. The number of furan rings is 1. The number of aryl methyl sites for hydroxylation is 1. The predicted octanol–water partition coefficient (Wildman–Crippen LogP) is 6.96. The van der Waals surface area contributed by atoms with Gasteiger partial charge in [0, 0.05) is 25.0 Å². The number of nitrogens with zero attached hydrogens (tertiary/aromatic N) is 2. The first kappa shape index (κ1) is 27.1. The van der Waals surface area contributed by atoms with Gasteiger partial charge in [-0.15, -0.1) is 11.3 Å². The molecule has 0 saturated carbocycles. The van der Waals surface area contributed by atoms with Crippen LogP contribution in [-0.2, 0) is 12.7 Å². The number of fused-ring (bicyclic) bond motifs is 1. The van der Waals surface area contributed by atoms with Gasteiger partial charge in [-0.05, 0) is 48.4 Å². The summed E-state index contributed by atoms with van der Waals surface area (Å²) in [4.78, 5) is 33.5. The number of alkyl halides is 3. The van der Waals surface area contributed by atoms with Gasteiger partial charge >= 0.3 is 6.18 Å². The number of carbonyl (C=O) groups is 2. The third kappa shape index (κ3) is 5.91. The summed E-state index contributed by atoms with van der Waals surface area (Å²) in [6.45, 7) is 2.07. The van der Waals surface area contributed by atoms with Crippen molar-refractivity contribution in [1.82, 2.24) is 15.2 Å². The molecule has 3 aromatic carbocycles. The van der Waals surface area contributed by atoms with Crippen molar-refractivity contribution in [3.63, 3.8) is 0 Å². The van der Waals surface area contributed by atoms with E-state index in [1.54, 1.807) is 24.3 Å². The Bertz CT molecular complexity index is 1640. The molecule has 204 valence electrons. The van der Waals surface area contributed by atoms with Crippen LogP contribution in [0.3, 0.4) is 0 Å². The number of aromatic nitrogens is 1. The Balaban J connectivity index is 1.39. The summed E-state index contributed by atoms with van der Waals surface area (Å²) in [5.41, 5.74) is 1.87. The molecule has 0 saturated heterocycles. The molecule has 10 heteroatoms. The summed E-state index contributed by atoms with van der Waals surface area (Å²) in [7, 11) is 0. The molecule has 0 spiro atoms. The summed E-state index contributed by atoms with van der Waals surface area (Å²) in [6.07, 6.45) is -2.95. The second-order valence-electron chi connectivity index (χ2n) is 9.09. The van der Waals surface area contributed by atoms with Crippen molar-refractivity contribution >= 4 is 34.1 Å². The van der Waals surface area contributed by atoms with Crippen LogP contribution >= 0.6 is 11.3 Å². The summed E-state index contributed by atoms with van der Waals surface area (Å²) < 4.78 is 44.6. The molecular formula is C30H24F3N3O3S. The van der Waals surface area contributed by atoms with Crippen molar-refractivity contribution in [1.29, 1.82) is 0 Å². The van der Waals surface area contributed by atoms with E-state index in [-0.39, 0.29) is 37.1 Å². The Hall–Kier alpha value is -4.44. The number of rotatable bonds is 8. The van der Waals surface area contributed by atoms with Gasteiger partial charge in [-0.25, -0.2) is 4.98 Å². The Morgan fingerprint density at radius 3 is 2.45 bits per heavy atom. The van der Waals surface area contributed by atoms with Gasteiger partial charge in [0.05, 0.1) is 27.3 Å². The predicted molar refractivity (Wildman–Crippen MR) is 147 cm³/mol. The third-order valence-electron chi connectivity index (χ3n) is 6.32. The number of thiazole rings is 1. The highest BCUT2D eigenvalue weighted by atomic mass is 32.1. The van der Waals surface area contributed by atoms with E-state index in [0.29, 0.717) is 32.0 Å². The van der Waals surface area contributed by atoms with Crippen LogP contribution < -0.4 is 5.32 Å². The van der Waals surface area contributed by atoms with Gasteiger partial charge in [0.25, 0.3) is 11.8 Å². The summed E-state index contributed by atoms with van der Waals surface area (Å²) in [5, 5.41) is 4.22. The molecule has 0 fully saturated rings. The zero-order chi connectivity index (χ0) is 28.3. The second-order valence-corrected chi connectivity index (χ2v) is 10.3. The van der Waals surface area contributed by atoms with Crippen molar-refractivity contribution in [3.05, 3.63) is 113 Å². The van der Waals surface area contributed by atoms with Crippen LogP contribution in [0.5, 0.6) is 0 Å². The van der Waals surface area contributed by atoms with Crippen LogP contribution in [0.1, 0.15) is 37.0 Å². The molecule has 40 heavy (non-hydrogen) atoms. The molecule has 0 aliphatic carbocycles. The van der Waals surface area contributed by atoms with E-state index < -0.39 is 11.7 Å². The summed E-state index contributed by atoms with van der Waals surface area (Å²) in [6, 6.07) is 21.0. The maximum absolute atomic E-state index is 13.8. The van der Waals surface area contributed by atoms with Crippen LogP contribution in [0.4, 0.5) is 13.2 Å². The fraction of sp³-hybridized carbons (Fsp3) is 0.167. The molecule has 5 aromatic rings. The highest BCUT2D eigenvalue weighted by Gasteiger charge is 2.30. The van der Waals surface area contributed by atoms with E-state index >= 15 is 0 Å². The zero-order valence-corrected chi connectivity index (χ0v) is 22.2. The summed E-state index contributed by atoms with van der Waals surface area (Å²) in [5.74, 6) is -0.710. The van der Waals surface area contributed by atoms with Crippen molar-refractivity contribution in [2.24, 2.45) is 0 Å². The maximum Gasteiger partial charge on any atom is 0.416 e. The second kappa shape index (κ2) is 11.4. The van der Waals surface area contributed by atoms with E-state index in [1.807, 2.05) is 37.3 Å². The van der Waals surface area contributed by atoms with Crippen molar-refractivity contribution in [2.75, 3.05) is 13.1 Å². The minimum atomic E-state index is -4.46. The van der Waals surface area contributed by atoms with Gasteiger partial charge in [0.2, 0.25) is 0 Å². The van der Waals surface area contributed by atoms with Gasteiger partial charge in [-0.1, -0.05) is 48.5 Å². The van der Waals surface area contributed by atoms with Crippen LogP contribution in [0.2, 0.25) is 0 Å². The van der Waals surface area contributed by atoms with E-state index in [1.165, 1.54) is 34.6 Å². The lowest BCUT2D eigenvalue weighted by Gasteiger charge is -2.23. The molecule has 0 aliphatic heterocycles. The van der Waals surface area contributed by atoms with Gasteiger partial charge in [-0.2, -0.15) is 13.2 Å².